The molecule has 0 unspecified atom stereocenters. The summed E-state index contributed by atoms with van der Waals surface area (Å²) < 4.78 is 5.45. The van der Waals surface area contributed by atoms with Crippen LogP contribution in [0.3, 0.4) is 0 Å². The first-order chi connectivity index (χ1) is 15.5. The van der Waals surface area contributed by atoms with Gasteiger partial charge in [0.05, 0.1) is 27.1 Å². The first kappa shape index (κ1) is 26.6. The third kappa shape index (κ3) is 5.84. The van der Waals surface area contributed by atoms with Crippen LogP contribution in [0.4, 0.5) is 0 Å². The highest BCUT2D eigenvalue weighted by molar-refractivity contribution is 6.42. The number of ketones is 2. The molecule has 1 aliphatic heterocycles. The fourth-order valence-electron chi connectivity index (χ4n) is 3.84. The lowest BCUT2D eigenvalue weighted by atomic mass is 9.80. The van der Waals surface area contributed by atoms with Crippen molar-refractivity contribution in [3.63, 3.8) is 0 Å². The van der Waals surface area contributed by atoms with E-state index in [0.717, 1.165) is 0 Å². The standard InChI is InChI=1S/C24H27Cl2NO6/c1-5-8-16(28)22(17(29)9-6-2)33-24(32)19-13(4)27-12(3)18(23(30)31)20(19)14-10-7-11-15(25)21(14)26/h7,10-11,20,22,27H,5-6,8-9H2,1-4H3,(H,30,31)/t20-/m0/s1. The van der Waals surface area contributed by atoms with Crippen LogP contribution >= 0.6 is 23.2 Å². The number of carboxylic acids is 1. The fourth-order valence-corrected chi connectivity index (χ4v) is 4.26. The van der Waals surface area contributed by atoms with Gasteiger partial charge in [-0.3, -0.25) is 9.59 Å². The molecular formula is C24H27Cl2NO6. The molecule has 0 saturated heterocycles. The van der Waals surface area contributed by atoms with E-state index in [4.69, 9.17) is 27.9 Å². The number of esters is 1. The number of benzene rings is 1. The van der Waals surface area contributed by atoms with E-state index in [9.17, 15) is 24.3 Å². The molecule has 1 heterocycles. The molecular weight excluding hydrogens is 469 g/mol. The van der Waals surface area contributed by atoms with Crippen LogP contribution in [0.25, 0.3) is 0 Å². The predicted octanol–water partition coefficient (Wildman–Crippen LogP) is 4.96. The first-order valence-electron chi connectivity index (χ1n) is 10.7. The van der Waals surface area contributed by atoms with E-state index in [2.05, 4.69) is 5.32 Å². The molecule has 0 radical (unpaired) electrons. The van der Waals surface area contributed by atoms with E-state index in [-0.39, 0.29) is 34.0 Å². The summed E-state index contributed by atoms with van der Waals surface area (Å²) in [6, 6.07) is 4.71. The molecule has 1 aliphatic rings. The minimum Gasteiger partial charge on any atom is -0.478 e. The largest absolute Gasteiger partial charge is 0.478 e. The minimum absolute atomic E-state index is 0.0548. The molecule has 0 fully saturated rings. The summed E-state index contributed by atoms with van der Waals surface area (Å²) in [5.41, 5.74) is 0.769. The molecule has 0 spiro atoms. The van der Waals surface area contributed by atoms with E-state index in [1.54, 1.807) is 45.9 Å². The Balaban J connectivity index is 2.60. The molecule has 1 aromatic rings. The van der Waals surface area contributed by atoms with Gasteiger partial charge in [-0.1, -0.05) is 49.2 Å². The fraction of sp³-hybridized carbons (Fsp3) is 0.417. The molecule has 178 valence electrons. The van der Waals surface area contributed by atoms with Crippen LogP contribution in [-0.4, -0.2) is 34.7 Å². The van der Waals surface area contributed by atoms with E-state index in [1.165, 1.54) is 0 Å². The van der Waals surface area contributed by atoms with Crippen LogP contribution < -0.4 is 5.32 Å². The topological polar surface area (TPSA) is 110 Å². The Morgan fingerprint density at radius 1 is 1.00 bits per heavy atom. The van der Waals surface area contributed by atoms with Crippen LogP contribution in [0.15, 0.2) is 40.7 Å². The molecule has 9 heteroatoms. The number of hydrogen-bond donors (Lipinski definition) is 2. The molecule has 33 heavy (non-hydrogen) atoms. The van der Waals surface area contributed by atoms with Gasteiger partial charge in [0.25, 0.3) is 0 Å². The maximum absolute atomic E-state index is 13.4. The number of dihydropyridines is 1. The molecule has 0 aliphatic carbocycles. The number of Topliss-reactive ketones (excluding diaryl/α,β-unsaturated/α-hetero) is 2. The Bertz CT molecular complexity index is 1030. The zero-order valence-corrected chi connectivity index (χ0v) is 20.5. The Morgan fingerprint density at radius 2 is 1.55 bits per heavy atom. The Morgan fingerprint density at radius 3 is 2.06 bits per heavy atom. The van der Waals surface area contributed by atoms with E-state index in [1.807, 2.05) is 0 Å². The van der Waals surface area contributed by atoms with Crippen molar-refractivity contribution in [3.05, 3.63) is 56.3 Å². The van der Waals surface area contributed by atoms with Gasteiger partial charge in [0.1, 0.15) is 0 Å². The van der Waals surface area contributed by atoms with Gasteiger partial charge in [-0.05, 0) is 38.3 Å². The second kappa shape index (κ2) is 11.5. The van der Waals surface area contributed by atoms with Crippen LogP contribution in [0.5, 0.6) is 0 Å². The molecule has 1 aromatic carbocycles. The summed E-state index contributed by atoms with van der Waals surface area (Å²) in [5.74, 6) is -4.33. The van der Waals surface area contributed by atoms with Crippen LogP contribution in [0.2, 0.25) is 10.0 Å². The minimum atomic E-state index is -1.55. The van der Waals surface area contributed by atoms with Gasteiger partial charge in [-0.2, -0.15) is 0 Å². The van der Waals surface area contributed by atoms with Crippen molar-refractivity contribution in [1.29, 1.82) is 0 Å². The predicted molar refractivity (Wildman–Crippen MR) is 125 cm³/mol. The number of carbonyl (C=O) groups excluding carboxylic acids is 3. The lowest BCUT2D eigenvalue weighted by molar-refractivity contribution is -0.157. The molecule has 0 bridgehead atoms. The molecule has 0 aromatic heterocycles. The molecule has 1 atom stereocenters. The zero-order chi connectivity index (χ0) is 24.9. The van der Waals surface area contributed by atoms with E-state index >= 15 is 0 Å². The molecule has 0 saturated carbocycles. The number of nitrogens with one attached hydrogen (secondary N) is 1. The van der Waals surface area contributed by atoms with Crippen molar-refractivity contribution in [2.24, 2.45) is 0 Å². The first-order valence-corrected chi connectivity index (χ1v) is 11.4. The van der Waals surface area contributed by atoms with Gasteiger partial charge >= 0.3 is 11.9 Å². The number of ether oxygens (including phenoxy) is 1. The van der Waals surface area contributed by atoms with E-state index < -0.39 is 35.5 Å². The van der Waals surface area contributed by atoms with Crippen LogP contribution in [0.1, 0.15) is 64.9 Å². The third-order valence-corrected chi connectivity index (χ3v) is 6.14. The monoisotopic (exact) mass is 495 g/mol. The zero-order valence-electron chi connectivity index (χ0n) is 19.0. The summed E-state index contributed by atoms with van der Waals surface area (Å²) in [7, 11) is 0. The number of carbonyl (C=O) groups is 4. The number of aliphatic carboxylic acids is 1. The van der Waals surface area contributed by atoms with E-state index in [0.29, 0.717) is 29.8 Å². The van der Waals surface area contributed by atoms with Crippen LogP contribution in [0, 0.1) is 0 Å². The lowest BCUT2D eigenvalue weighted by Gasteiger charge is -2.31. The normalized spacial score (nSPS) is 16.0. The third-order valence-electron chi connectivity index (χ3n) is 5.31. The van der Waals surface area contributed by atoms with Gasteiger partial charge in [0.15, 0.2) is 11.6 Å². The maximum atomic E-state index is 13.4. The van der Waals surface area contributed by atoms with Crippen molar-refractivity contribution < 1.29 is 29.0 Å². The Hall–Kier alpha value is -2.64. The van der Waals surface area contributed by atoms with Crippen LogP contribution in [-0.2, 0) is 23.9 Å². The second-order valence-corrected chi connectivity index (χ2v) is 8.59. The summed E-state index contributed by atoms with van der Waals surface area (Å²) in [4.78, 5) is 50.7. The second-order valence-electron chi connectivity index (χ2n) is 7.80. The lowest BCUT2D eigenvalue weighted by Crippen LogP contribution is -2.38. The highest BCUT2D eigenvalue weighted by Gasteiger charge is 2.40. The smallest absolute Gasteiger partial charge is 0.337 e. The number of carboxylic acid groups (broad SMARTS) is 1. The molecule has 2 N–H and O–H groups in total. The Labute approximate surface area is 202 Å². The van der Waals surface area contributed by atoms with Crippen molar-refractivity contribution in [2.75, 3.05) is 0 Å². The summed E-state index contributed by atoms with van der Waals surface area (Å²) >= 11 is 12.6. The van der Waals surface area contributed by atoms with Crippen molar-refractivity contribution >= 4 is 46.7 Å². The van der Waals surface area contributed by atoms with Crippen molar-refractivity contribution in [3.8, 4) is 0 Å². The summed E-state index contributed by atoms with van der Waals surface area (Å²) in [5, 5.41) is 13.1. The van der Waals surface area contributed by atoms with Gasteiger partial charge in [0.2, 0.25) is 6.10 Å². The van der Waals surface area contributed by atoms with Crippen molar-refractivity contribution in [1.82, 2.24) is 5.32 Å². The Kier molecular flexibility index (Phi) is 9.25. The number of allylic oxidation sites excluding steroid dienone is 2. The molecule has 2 rings (SSSR count). The number of halogens is 2. The van der Waals surface area contributed by atoms with Gasteiger partial charge in [0, 0.05) is 24.2 Å². The van der Waals surface area contributed by atoms with Gasteiger partial charge < -0.3 is 15.2 Å². The van der Waals surface area contributed by atoms with Gasteiger partial charge in [-0.15, -0.1) is 0 Å². The highest BCUT2D eigenvalue weighted by Crippen LogP contribution is 2.43. The highest BCUT2D eigenvalue weighted by atomic mass is 35.5. The molecule has 7 nitrogen and oxygen atoms in total. The van der Waals surface area contributed by atoms with Crippen molar-refractivity contribution in [2.45, 2.75) is 65.4 Å². The SMILES string of the molecule is CCCC(=O)C(OC(=O)C1=C(C)NC(C)=C(C(=O)O)[C@@H]1c1cccc(Cl)c1Cl)C(=O)CCC. The average Bonchev–Trinajstić information content (AvgIpc) is 2.73. The number of hydrogen-bond acceptors (Lipinski definition) is 6. The summed E-state index contributed by atoms with van der Waals surface area (Å²) in [6.07, 6.45) is -0.421. The van der Waals surface area contributed by atoms with Gasteiger partial charge in [-0.25, -0.2) is 9.59 Å². The molecule has 0 amide bonds. The maximum Gasteiger partial charge on any atom is 0.337 e. The average molecular weight is 496 g/mol. The quantitative estimate of drug-likeness (QED) is 0.348. The number of rotatable bonds is 10. The summed E-state index contributed by atoms with van der Waals surface area (Å²) in [6.45, 7) is 6.71.